The minimum Gasteiger partial charge on any atom is -0.444 e. The molecule has 3 rings (SSSR count). The monoisotopic (exact) mass is 321 g/mol. The number of morpholine rings is 1. The second-order valence-electron chi connectivity index (χ2n) is 5.26. The maximum atomic E-state index is 14.4. The first-order valence-corrected chi connectivity index (χ1v) is 7.30. The first kappa shape index (κ1) is 15.4. The van der Waals surface area contributed by atoms with Gasteiger partial charge in [0.1, 0.15) is 11.9 Å². The molecule has 8 nitrogen and oxygen atoms in total. The maximum Gasteiger partial charge on any atom is 0.414 e. The molecule has 1 unspecified atom stereocenters. The highest BCUT2D eigenvalue weighted by molar-refractivity contribution is 5.90. The van der Waals surface area contributed by atoms with E-state index in [-0.39, 0.29) is 13.1 Å². The van der Waals surface area contributed by atoms with Crippen LogP contribution in [0.3, 0.4) is 0 Å². The van der Waals surface area contributed by atoms with E-state index < -0.39 is 18.0 Å². The zero-order valence-corrected chi connectivity index (χ0v) is 12.4. The molecule has 1 aromatic carbocycles. The molecule has 2 heterocycles. The maximum absolute atomic E-state index is 14.4. The molecule has 0 saturated carbocycles. The van der Waals surface area contributed by atoms with Crippen molar-refractivity contribution in [3.63, 3.8) is 0 Å². The first-order chi connectivity index (χ1) is 11.2. The normalized spacial score (nSPS) is 21.1. The number of carbonyl (C=O) groups excluding carboxylic acids is 1. The lowest BCUT2D eigenvalue weighted by Crippen LogP contribution is -2.36. The van der Waals surface area contributed by atoms with Crippen molar-refractivity contribution in [3.8, 4) is 0 Å². The zero-order chi connectivity index (χ0) is 16.2. The number of anilines is 2. The SMILES string of the molecule is [N-]=[N+]=NCC1CN(c2ccc(N3CCOCC3)c(F)c2)C(=O)O1. The van der Waals surface area contributed by atoms with Crippen LogP contribution in [0, 0.1) is 5.82 Å². The van der Waals surface area contributed by atoms with E-state index in [2.05, 4.69) is 10.0 Å². The third-order valence-corrected chi connectivity index (χ3v) is 3.82. The molecule has 122 valence electrons. The third-order valence-electron chi connectivity index (χ3n) is 3.82. The number of cyclic esters (lactones) is 1. The number of rotatable bonds is 4. The van der Waals surface area contributed by atoms with E-state index in [4.69, 9.17) is 15.0 Å². The van der Waals surface area contributed by atoms with Gasteiger partial charge in [-0.1, -0.05) is 5.11 Å². The average Bonchev–Trinajstić information content (AvgIpc) is 2.94. The van der Waals surface area contributed by atoms with E-state index >= 15 is 0 Å². The molecule has 1 aromatic rings. The fraction of sp³-hybridized carbons (Fsp3) is 0.500. The molecule has 0 bridgehead atoms. The van der Waals surface area contributed by atoms with E-state index in [1.54, 1.807) is 12.1 Å². The lowest BCUT2D eigenvalue weighted by atomic mass is 10.2. The molecule has 0 N–H and O–H groups in total. The van der Waals surface area contributed by atoms with Crippen molar-refractivity contribution in [2.45, 2.75) is 6.10 Å². The van der Waals surface area contributed by atoms with Crippen LogP contribution in [0.25, 0.3) is 10.4 Å². The van der Waals surface area contributed by atoms with Gasteiger partial charge in [-0.15, -0.1) is 0 Å². The highest BCUT2D eigenvalue weighted by atomic mass is 19.1. The zero-order valence-electron chi connectivity index (χ0n) is 12.4. The van der Waals surface area contributed by atoms with Gasteiger partial charge in [0.2, 0.25) is 0 Å². The minimum atomic E-state index is -0.568. The van der Waals surface area contributed by atoms with Crippen LogP contribution in [-0.4, -0.2) is 51.6 Å². The quantitative estimate of drug-likeness (QED) is 0.483. The van der Waals surface area contributed by atoms with Crippen molar-refractivity contribution in [3.05, 3.63) is 34.5 Å². The van der Waals surface area contributed by atoms with Gasteiger partial charge in [0.05, 0.1) is 37.7 Å². The fourth-order valence-electron chi connectivity index (χ4n) is 2.68. The Bertz CT molecular complexity index is 643. The Labute approximate surface area is 132 Å². The number of nitrogens with zero attached hydrogens (tertiary/aromatic N) is 5. The minimum absolute atomic E-state index is 0.0626. The molecule has 23 heavy (non-hydrogen) atoms. The summed E-state index contributed by atoms with van der Waals surface area (Å²) in [4.78, 5) is 17.8. The van der Waals surface area contributed by atoms with Crippen molar-refractivity contribution in [1.82, 2.24) is 0 Å². The summed E-state index contributed by atoms with van der Waals surface area (Å²) < 4.78 is 24.7. The predicted molar refractivity (Wildman–Crippen MR) is 81.1 cm³/mol. The van der Waals surface area contributed by atoms with Crippen LogP contribution >= 0.6 is 0 Å². The summed E-state index contributed by atoms with van der Waals surface area (Å²) in [5.74, 6) is -0.393. The number of benzene rings is 1. The molecule has 2 aliphatic heterocycles. The van der Waals surface area contributed by atoms with Crippen LogP contribution in [0.1, 0.15) is 0 Å². The van der Waals surface area contributed by atoms with Crippen molar-refractivity contribution in [1.29, 1.82) is 0 Å². The molecule has 0 spiro atoms. The fourth-order valence-corrected chi connectivity index (χ4v) is 2.68. The molecule has 1 amide bonds. The van der Waals surface area contributed by atoms with Crippen LogP contribution < -0.4 is 9.80 Å². The summed E-state index contributed by atoms with van der Waals surface area (Å²) in [7, 11) is 0. The van der Waals surface area contributed by atoms with Crippen molar-refractivity contribution in [2.24, 2.45) is 5.11 Å². The Kier molecular flexibility index (Phi) is 4.50. The second-order valence-corrected chi connectivity index (χ2v) is 5.26. The molecular weight excluding hydrogens is 305 g/mol. The number of azide groups is 1. The highest BCUT2D eigenvalue weighted by Crippen LogP contribution is 2.28. The molecule has 0 radical (unpaired) electrons. The van der Waals surface area contributed by atoms with Crippen LogP contribution in [0.15, 0.2) is 23.3 Å². The summed E-state index contributed by atoms with van der Waals surface area (Å²) in [6.07, 6.45) is -1.08. The number of ether oxygens (including phenoxy) is 2. The molecular formula is C14H16FN5O3. The van der Waals surface area contributed by atoms with Crippen molar-refractivity contribution in [2.75, 3.05) is 49.2 Å². The van der Waals surface area contributed by atoms with Gasteiger partial charge in [-0.25, -0.2) is 9.18 Å². The first-order valence-electron chi connectivity index (χ1n) is 7.30. The Balaban J connectivity index is 1.74. The molecule has 1 atom stereocenters. The summed E-state index contributed by atoms with van der Waals surface area (Å²) in [5, 5.41) is 3.39. The van der Waals surface area contributed by atoms with Gasteiger partial charge in [0.25, 0.3) is 0 Å². The van der Waals surface area contributed by atoms with E-state index in [0.29, 0.717) is 37.7 Å². The molecule has 2 saturated heterocycles. The van der Waals surface area contributed by atoms with E-state index in [1.807, 2.05) is 4.90 Å². The van der Waals surface area contributed by atoms with Gasteiger partial charge in [0, 0.05) is 18.0 Å². The van der Waals surface area contributed by atoms with Gasteiger partial charge in [0.15, 0.2) is 0 Å². The van der Waals surface area contributed by atoms with Gasteiger partial charge < -0.3 is 14.4 Å². The topological polar surface area (TPSA) is 90.8 Å². The van der Waals surface area contributed by atoms with Crippen molar-refractivity contribution >= 4 is 17.5 Å². The average molecular weight is 321 g/mol. The lowest BCUT2D eigenvalue weighted by molar-refractivity contribution is 0.122. The molecule has 0 aromatic heterocycles. The van der Waals surface area contributed by atoms with Crippen LogP contribution in [0.2, 0.25) is 0 Å². The number of amides is 1. The largest absolute Gasteiger partial charge is 0.444 e. The second kappa shape index (κ2) is 6.72. The number of hydrogen-bond donors (Lipinski definition) is 0. The van der Waals surface area contributed by atoms with Gasteiger partial charge >= 0.3 is 6.09 Å². The molecule has 0 aliphatic carbocycles. The number of halogens is 1. The molecule has 2 aliphatic rings. The van der Waals surface area contributed by atoms with Crippen LogP contribution in [0.5, 0.6) is 0 Å². The number of carbonyl (C=O) groups is 1. The van der Waals surface area contributed by atoms with E-state index in [1.165, 1.54) is 11.0 Å². The number of hydrogen-bond acceptors (Lipinski definition) is 5. The highest BCUT2D eigenvalue weighted by Gasteiger charge is 2.32. The van der Waals surface area contributed by atoms with Crippen molar-refractivity contribution < 1.29 is 18.7 Å². The Morgan fingerprint density at radius 3 is 2.87 bits per heavy atom. The Hall–Kier alpha value is -2.51. The lowest BCUT2D eigenvalue weighted by Gasteiger charge is -2.29. The predicted octanol–water partition coefficient (Wildman–Crippen LogP) is 2.30. The Morgan fingerprint density at radius 2 is 2.17 bits per heavy atom. The molecule has 9 heteroatoms. The summed E-state index contributed by atoms with van der Waals surface area (Å²) in [5.41, 5.74) is 9.23. The smallest absolute Gasteiger partial charge is 0.414 e. The summed E-state index contributed by atoms with van der Waals surface area (Å²) >= 11 is 0. The third kappa shape index (κ3) is 3.30. The summed E-state index contributed by atoms with van der Waals surface area (Å²) in [6, 6.07) is 4.66. The van der Waals surface area contributed by atoms with Crippen LogP contribution in [0.4, 0.5) is 20.6 Å². The van der Waals surface area contributed by atoms with Gasteiger partial charge in [-0.3, -0.25) is 4.90 Å². The van der Waals surface area contributed by atoms with E-state index in [9.17, 15) is 9.18 Å². The molecule has 2 fully saturated rings. The van der Waals surface area contributed by atoms with Crippen LogP contribution in [-0.2, 0) is 9.47 Å². The van der Waals surface area contributed by atoms with Gasteiger partial charge in [-0.05, 0) is 23.7 Å². The standard InChI is InChI=1S/C14H16FN5O3/c15-12-7-10(1-2-13(12)19-3-5-22-6-4-19)20-9-11(8-17-18-16)23-14(20)21/h1-2,7,11H,3-6,8-9H2. The van der Waals surface area contributed by atoms with Gasteiger partial charge in [-0.2, -0.15) is 0 Å². The summed E-state index contributed by atoms with van der Waals surface area (Å²) in [6.45, 7) is 2.70. The van der Waals surface area contributed by atoms with E-state index in [0.717, 1.165) is 0 Å². The Morgan fingerprint density at radius 1 is 1.39 bits per heavy atom.